The third-order valence-corrected chi connectivity index (χ3v) is 7.35. The van der Waals surface area contributed by atoms with Gasteiger partial charge in [-0.1, -0.05) is 47.6 Å². The van der Waals surface area contributed by atoms with Crippen molar-refractivity contribution in [2.45, 2.75) is 32.5 Å². The molecule has 2 aromatic carbocycles. The number of benzene rings is 2. The van der Waals surface area contributed by atoms with Crippen LogP contribution in [0.2, 0.25) is 5.02 Å². The fraction of sp³-hybridized carbons (Fsp3) is 0.208. The molecule has 8 heteroatoms. The van der Waals surface area contributed by atoms with E-state index in [1.54, 1.807) is 16.7 Å². The summed E-state index contributed by atoms with van der Waals surface area (Å²) in [5.74, 6) is -0.0567. The van der Waals surface area contributed by atoms with Crippen molar-refractivity contribution in [3.63, 3.8) is 0 Å². The highest BCUT2D eigenvalue weighted by molar-refractivity contribution is 7.99. The second-order valence-electron chi connectivity index (χ2n) is 7.64. The lowest BCUT2D eigenvalue weighted by atomic mass is 10.1. The number of amides is 1. The van der Waals surface area contributed by atoms with Crippen LogP contribution < -0.4 is 10.9 Å². The Morgan fingerprint density at radius 3 is 2.66 bits per heavy atom. The molecule has 5 nitrogen and oxygen atoms in total. The second-order valence-corrected chi connectivity index (χ2v) is 9.93. The number of halogens is 1. The molecule has 0 fully saturated rings. The smallest absolute Gasteiger partial charge is 0.272 e. The van der Waals surface area contributed by atoms with Crippen molar-refractivity contribution in [1.29, 1.82) is 0 Å². The van der Waals surface area contributed by atoms with Gasteiger partial charge in [0.25, 0.3) is 5.56 Å². The quantitative estimate of drug-likeness (QED) is 0.277. The van der Waals surface area contributed by atoms with Gasteiger partial charge in [-0.05, 0) is 66.6 Å². The standard InChI is InChI=1S/C24H22ClN3O2S2/c1-14-4-6-17(10-16(14)3)12-28-23(30)22-19(8-9-31-22)27-24(28)32-13-21(29)26-20-11-18(25)7-5-15(20)2/h4-11H,12-13H2,1-3H3,(H,26,29). The van der Waals surface area contributed by atoms with Gasteiger partial charge in [-0.3, -0.25) is 14.2 Å². The van der Waals surface area contributed by atoms with Crippen molar-refractivity contribution < 1.29 is 4.79 Å². The van der Waals surface area contributed by atoms with Gasteiger partial charge < -0.3 is 5.32 Å². The molecule has 0 atom stereocenters. The van der Waals surface area contributed by atoms with Crippen LogP contribution in [0.15, 0.2) is 57.8 Å². The van der Waals surface area contributed by atoms with Gasteiger partial charge in [0.05, 0.1) is 17.8 Å². The Morgan fingerprint density at radius 2 is 1.88 bits per heavy atom. The molecule has 0 bridgehead atoms. The summed E-state index contributed by atoms with van der Waals surface area (Å²) in [6.07, 6.45) is 0. The van der Waals surface area contributed by atoms with E-state index in [0.717, 1.165) is 11.1 Å². The van der Waals surface area contributed by atoms with Crippen molar-refractivity contribution in [2.75, 3.05) is 11.1 Å². The molecule has 1 amide bonds. The van der Waals surface area contributed by atoms with E-state index in [4.69, 9.17) is 11.6 Å². The number of fused-ring (bicyclic) bond motifs is 1. The number of hydrogen-bond acceptors (Lipinski definition) is 5. The summed E-state index contributed by atoms with van der Waals surface area (Å²) in [6, 6.07) is 13.4. The molecule has 2 aromatic heterocycles. The molecule has 0 aliphatic heterocycles. The largest absolute Gasteiger partial charge is 0.325 e. The summed E-state index contributed by atoms with van der Waals surface area (Å²) in [4.78, 5) is 30.5. The monoisotopic (exact) mass is 483 g/mol. The van der Waals surface area contributed by atoms with Crippen molar-refractivity contribution in [3.05, 3.63) is 85.5 Å². The molecular weight excluding hydrogens is 462 g/mol. The Balaban J connectivity index is 1.60. The summed E-state index contributed by atoms with van der Waals surface area (Å²) in [7, 11) is 0. The normalized spacial score (nSPS) is 11.1. The van der Waals surface area contributed by atoms with Crippen LogP contribution in [0, 0.1) is 20.8 Å². The zero-order chi connectivity index (χ0) is 22.8. The minimum absolute atomic E-state index is 0.0863. The van der Waals surface area contributed by atoms with E-state index in [2.05, 4.69) is 36.3 Å². The number of thioether (sulfide) groups is 1. The Kier molecular flexibility index (Phi) is 6.69. The lowest BCUT2D eigenvalue weighted by Crippen LogP contribution is -2.24. The summed E-state index contributed by atoms with van der Waals surface area (Å²) < 4.78 is 2.28. The van der Waals surface area contributed by atoms with Crippen molar-refractivity contribution >= 4 is 56.5 Å². The number of rotatable bonds is 6. The van der Waals surface area contributed by atoms with Crippen LogP contribution in [-0.2, 0) is 11.3 Å². The Morgan fingerprint density at radius 1 is 1.09 bits per heavy atom. The van der Waals surface area contributed by atoms with Gasteiger partial charge in [0.15, 0.2) is 5.16 Å². The van der Waals surface area contributed by atoms with Crippen LogP contribution in [0.25, 0.3) is 10.2 Å². The molecule has 2 heterocycles. The first-order valence-electron chi connectivity index (χ1n) is 10.0. The topological polar surface area (TPSA) is 64.0 Å². The maximum Gasteiger partial charge on any atom is 0.272 e. The fourth-order valence-corrected chi connectivity index (χ4v) is 5.05. The second kappa shape index (κ2) is 9.48. The van der Waals surface area contributed by atoms with Gasteiger partial charge in [-0.25, -0.2) is 4.98 Å². The van der Waals surface area contributed by atoms with Crippen LogP contribution in [0.4, 0.5) is 5.69 Å². The molecule has 32 heavy (non-hydrogen) atoms. The van der Waals surface area contributed by atoms with E-state index < -0.39 is 0 Å². The highest BCUT2D eigenvalue weighted by atomic mass is 35.5. The number of aromatic nitrogens is 2. The molecule has 0 saturated carbocycles. The highest BCUT2D eigenvalue weighted by Crippen LogP contribution is 2.24. The average molecular weight is 484 g/mol. The SMILES string of the molecule is Cc1ccc(Cn2c(SCC(=O)Nc3cc(Cl)ccc3C)nc3ccsc3c2=O)cc1C. The van der Waals surface area contributed by atoms with Crippen molar-refractivity contribution in [2.24, 2.45) is 0 Å². The maximum absolute atomic E-state index is 13.2. The molecule has 0 aliphatic rings. The summed E-state index contributed by atoms with van der Waals surface area (Å²) in [5.41, 5.74) is 5.58. The zero-order valence-corrected chi connectivity index (χ0v) is 20.3. The number of aryl methyl sites for hydroxylation is 3. The van der Waals surface area contributed by atoms with Crippen molar-refractivity contribution in [1.82, 2.24) is 9.55 Å². The molecule has 0 aliphatic carbocycles. The molecule has 0 spiro atoms. The Hall–Kier alpha value is -2.61. The molecular formula is C24H22ClN3O2S2. The number of nitrogens with one attached hydrogen (secondary N) is 1. The van der Waals surface area contributed by atoms with E-state index in [9.17, 15) is 9.59 Å². The number of nitrogens with zero attached hydrogens (tertiary/aromatic N) is 2. The highest BCUT2D eigenvalue weighted by Gasteiger charge is 2.15. The predicted octanol–water partition coefficient (Wildman–Crippen LogP) is 5.82. The Labute approximate surface area is 199 Å². The van der Waals surface area contributed by atoms with Gasteiger partial charge >= 0.3 is 0 Å². The zero-order valence-electron chi connectivity index (χ0n) is 17.9. The van der Waals surface area contributed by atoms with E-state index >= 15 is 0 Å². The van der Waals surface area contributed by atoms with Crippen molar-refractivity contribution in [3.8, 4) is 0 Å². The molecule has 1 N–H and O–H groups in total. The van der Waals surface area contributed by atoms with Crippen LogP contribution in [0.3, 0.4) is 0 Å². The van der Waals surface area contributed by atoms with E-state index in [1.165, 1.54) is 34.2 Å². The molecule has 164 valence electrons. The van der Waals surface area contributed by atoms with Gasteiger partial charge in [0.2, 0.25) is 5.91 Å². The summed E-state index contributed by atoms with van der Waals surface area (Å²) in [6.45, 7) is 6.43. The van der Waals surface area contributed by atoms with E-state index in [1.807, 2.05) is 30.5 Å². The minimum Gasteiger partial charge on any atom is -0.325 e. The molecule has 0 saturated heterocycles. The van der Waals surface area contributed by atoms with Crippen LogP contribution in [-0.4, -0.2) is 21.2 Å². The first kappa shape index (κ1) is 22.6. The van der Waals surface area contributed by atoms with E-state index in [0.29, 0.717) is 32.6 Å². The Bertz CT molecular complexity index is 1380. The minimum atomic E-state index is -0.183. The van der Waals surface area contributed by atoms with E-state index in [-0.39, 0.29) is 17.2 Å². The summed E-state index contributed by atoms with van der Waals surface area (Å²) >= 11 is 8.69. The van der Waals surface area contributed by atoms with Gasteiger partial charge in [0.1, 0.15) is 4.70 Å². The number of thiophene rings is 1. The first-order valence-corrected chi connectivity index (χ1v) is 12.3. The van der Waals surface area contributed by atoms with Crippen LogP contribution >= 0.6 is 34.7 Å². The van der Waals surface area contributed by atoms with Crippen LogP contribution in [0.1, 0.15) is 22.3 Å². The lowest BCUT2D eigenvalue weighted by Gasteiger charge is -2.13. The number of carbonyl (C=O) groups excluding carboxylic acids is 1. The third-order valence-electron chi connectivity index (χ3n) is 5.25. The maximum atomic E-state index is 13.2. The first-order chi connectivity index (χ1) is 15.3. The molecule has 0 unspecified atom stereocenters. The van der Waals surface area contributed by atoms with Gasteiger partial charge in [-0.2, -0.15) is 0 Å². The average Bonchev–Trinajstić information content (AvgIpc) is 3.23. The van der Waals surface area contributed by atoms with Gasteiger partial charge in [-0.15, -0.1) is 11.3 Å². The van der Waals surface area contributed by atoms with Gasteiger partial charge in [0, 0.05) is 10.7 Å². The third kappa shape index (κ3) is 4.90. The molecule has 4 rings (SSSR count). The lowest BCUT2D eigenvalue weighted by molar-refractivity contribution is -0.113. The number of hydrogen-bond donors (Lipinski definition) is 1. The number of anilines is 1. The summed E-state index contributed by atoms with van der Waals surface area (Å²) in [5, 5.41) is 5.84. The predicted molar refractivity (Wildman–Crippen MR) is 134 cm³/mol. The number of carbonyl (C=O) groups is 1. The fourth-order valence-electron chi connectivity index (χ4n) is 3.30. The molecule has 4 aromatic rings. The molecule has 0 radical (unpaired) electrons. The van der Waals surface area contributed by atoms with Crippen LogP contribution in [0.5, 0.6) is 0 Å².